The van der Waals surface area contributed by atoms with Crippen molar-refractivity contribution in [3.8, 4) is 0 Å². The molecule has 0 saturated heterocycles. The number of fused-ring (bicyclic) bond motifs is 1. The van der Waals surface area contributed by atoms with E-state index in [-0.39, 0.29) is 10.8 Å². The summed E-state index contributed by atoms with van der Waals surface area (Å²) in [6.07, 6.45) is 2.00. The van der Waals surface area contributed by atoms with E-state index in [9.17, 15) is 8.42 Å². The van der Waals surface area contributed by atoms with Crippen molar-refractivity contribution in [3.05, 3.63) is 138 Å². The van der Waals surface area contributed by atoms with Crippen molar-refractivity contribution in [3.63, 3.8) is 0 Å². The Kier molecular flexibility index (Phi) is 6.05. The number of hydrogen-bond acceptors (Lipinski definition) is 2. The van der Waals surface area contributed by atoms with E-state index in [1.54, 1.807) is 12.1 Å². The van der Waals surface area contributed by atoms with Gasteiger partial charge in [-0.3, -0.25) is 0 Å². The fraction of sp³-hybridized carbons (Fsp3) is 0.103. The molecule has 4 nitrogen and oxygen atoms in total. The molecule has 0 bridgehead atoms. The molecule has 1 aromatic heterocycles. The van der Waals surface area contributed by atoms with E-state index >= 15 is 0 Å². The van der Waals surface area contributed by atoms with Gasteiger partial charge in [-0.2, -0.15) is 0 Å². The van der Waals surface area contributed by atoms with Crippen LogP contribution in [0.3, 0.4) is 0 Å². The molecule has 0 aliphatic carbocycles. The molecule has 0 aliphatic heterocycles. The van der Waals surface area contributed by atoms with Crippen molar-refractivity contribution in [1.29, 1.82) is 0 Å². The Morgan fingerprint density at radius 3 is 1.97 bits per heavy atom. The first-order valence-electron chi connectivity index (χ1n) is 11.3. The van der Waals surface area contributed by atoms with Crippen LogP contribution in [-0.2, 0) is 10.0 Å². The minimum atomic E-state index is -3.78. The second-order valence-corrected chi connectivity index (χ2v) is 10.2. The summed E-state index contributed by atoms with van der Waals surface area (Å²) in [4.78, 5) is 3.62. The number of nitrogens with one attached hydrogen (secondary N) is 2. The summed E-state index contributed by atoms with van der Waals surface area (Å²) in [6, 6.07) is 34.4. The highest BCUT2D eigenvalue weighted by Crippen LogP contribution is 2.40. The molecule has 1 heterocycles. The smallest absolute Gasteiger partial charge is 0.241 e. The fourth-order valence-corrected chi connectivity index (χ4v) is 5.74. The summed E-state index contributed by atoms with van der Waals surface area (Å²) in [5.74, 6) is -0.250. The number of rotatable bonds is 7. The number of hydrogen-bond donors (Lipinski definition) is 2. The van der Waals surface area contributed by atoms with Crippen molar-refractivity contribution in [2.75, 3.05) is 0 Å². The van der Waals surface area contributed by atoms with E-state index in [4.69, 9.17) is 0 Å². The van der Waals surface area contributed by atoms with Gasteiger partial charge in [0.05, 0.1) is 10.9 Å². The van der Waals surface area contributed by atoms with E-state index in [0.29, 0.717) is 0 Å². The van der Waals surface area contributed by atoms with Crippen molar-refractivity contribution < 1.29 is 8.42 Å². The van der Waals surface area contributed by atoms with Crippen LogP contribution in [0.5, 0.6) is 0 Å². The van der Waals surface area contributed by atoms with Gasteiger partial charge in [-0.1, -0.05) is 96.6 Å². The first-order valence-corrected chi connectivity index (χ1v) is 12.8. The molecular formula is C29H26N2O2S. The number of benzene rings is 4. The van der Waals surface area contributed by atoms with Gasteiger partial charge in [0.15, 0.2) is 0 Å². The van der Waals surface area contributed by atoms with Crippen LogP contribution in [0.2, 0.25) is 0 Å². The lowest BCUT2D eigenvalue weighted by Gasteiger charge is -2.29. The minimum Gasteiger partial charge on any atom is -0.361 e. The molecule has 0 fully saturated rings. The lowest BCUT2D eigenvalue weighted by Crippen LogP contribution is -2.33. The van der Waals surface area contributed by atoms with Gasteiger partial charge in [0, 0.05) is 23.0 Å². The average Bonchev–Trinajstić information content (AvgIpc) is 3.29. The van der Waals surface area contributed by atoms with Gasteiger partial charge in [0.25, 0.3) is 0 Å². The summed E-state index contributed by atoms with van der Waals surface area (Å²) in [7, 11) is -3.78. The highest BCUT2D eigenvalue weighted by Gasteiger charge is 2.32. The van der Waals surface area contributed by atoms with Crippen molar-refractivity contribution in [2.45, 2.75) is 23.8 Å². The summed E-state index contributed by atoms with van der Waals surface area (Å²) < 4.78 is 30.2. The lowest BCUT2D eigenvalue weighted by atomic mass is 9.82. The second-order valence-electron chi connectivity index (χ2n) is 8.50. The number of para-hydroxylation sites is 1. The van der Waals surface area contributed by atoms with Gasteiger partial charge < -0.3 is 4.98 Å². The monoisotopic (exact) mass is 466 g/mol. The standard InChI is InChI=1S/C29H26N2O2S/c1-21-16-18-24(19-17-21)34(32,33)31-29(23-12-6-3-7-13-23)28(22-10-4-2-5-11-22)26-20-30-27-15-9-8-14-25(26)27/h2-20,28-31H,1H3. The van der Waals surface area contributed by atoms with E-state index in [1.807, 2.05) is 92.0 Å². The molecule has 5 heteroatoms. The predicted molar refractivity (Wildman–Crippen MR) is 137 cm³/mol. The quantitative estimate of drug-likeness (QED) is 0.294. The molecule has 170 valence electrons. The number of H-pyrrole nitrogens is 1. The number of aromatic nitrogens is 1. The molecule has 0 spiro atoms. The van der Waals surface area contributed by atoms with Crippen molar-refractivity contribution in [1.82, 2.24) is 9.71 Å². The maximum atomic E-state index is 13.6. The fourth-order valence-electron chi connectivity index (χ4n) is 4.50. The van der Waals surface area contributed by atoms with Crippen molar-refractivity contribution in [2.24, 2.45) is 0 Å². The Hall–Kier alpha value is -3.67. The second kappa shape index (κ2) is 9.29. The number of aryl methyl sites for hydroxylation is 1. The Bertz CT molecular complexity index is 1490. The molecule has 0 aliphatic rings. The molecule has 2 atom stereocenters. The number of sulfonamides is 1. The maximum absolute atomic E-state index is 13.6. The third-order valence-corrected chi connectivity index (χ3v) is 7.68. The van der Waals surface area contributed by atoms with Crippen LogP contribution in [0, 0.1) is 6.92 Å². The normalized spacial score (nSPS) is 13.6. The molecule has 34 heavy (non-hydrogen) atoms. The maximum Gasteiger partial charge on any atom is 0.241 e. The zero-order valence-electron chi connectivity index (χ0n) is 18.8. The van der Waals surface area contributed by atoms with E-state index in [0.717, 1.165) is 33.2 Å². The molecule has 0 saturated carbocycles. The third-order valence-electron chi connectivity index (χ3n) is 6.22. The first-order chi connectivity index (χ1) is 16.5. The summed E-state index contributed by atoms with van der Waals surface area (Å²) in [6.45, 7) is 1.94. The van der Waals surface area contributed by atoms with Crippen LogP contribution in [0.1, 0.15) is 34.2 Å². The molecular weight excluding hydrogens is 440 g/mol. The van der Waals surface area contributed by atoms with Gasteiger partial charge >= 0.3 is 0 Å². The molecule has 5 aromatic rings. The summed E-state index contributed by atoms with van der Waals surface area (Å²) in [5, 5.41) is 1.08. The Morgan fingerprint density at radius 1 is 0.706 bits per heavy atom. The Balaban J connectivity index is 1.69. The first kappa shape index (κ1) is 22.1. The van der Waals surface area contributed by atoms with Crippen LogP contribution >= 0.6 is 0 Å². The predicted octanol–water partition coefficient (Wildman–Crippen LogP) is 6.33. The molecule has 5 rings (SSSR count). The molecule has 0 radical (unpaired) electrons. The Labute approximate surface area is 200 Å². The number of aromatic amines is 1. The average molecular weight is 467 g/mol. The summed E-state index contributed by atoms with van der Waals surface area (Å²) in [5.41, 5.74) is 5.01. The minimum absolute atomic E-state index is 0.250. The zero-order chi connectivity index (χ0) is 23.5. The van der Waals surface area contributed by atoms with Gasteiger partial charge in [-0.25, -0.2) is 13.1 Å². The van der Waals surface area contributed by atoms with E-state index in [2.05, 4.69) is 27.9 Å². The van der Waals surface area contributed by atoms with Crippen LogP contribution in [0.25, 0.3) is 10.9 Å². The van der Waals surface area contributed by atoms with Gasteiger partial charge in [-0.15, -0.1) is 0 Å². The highest BCUT2D eigenvalue weighted by atomic mass is 32.2. The summed E-state index contributed by atoms with van der Waals surface area (Å²) >= 11 is 0. The van der Waals surface area contributed by atoms with Gasteiger partial charge in [-0.05, 0) is 41.8 Å². The van der Waals surface area contributed by atoms with Crippen molar-refractivity contribution >= 4 is 20.9 Å². The topological polar surface area (TPSA) is 62.0 Å². The lowest BCUT2D eigenvalue weighted by molar-refractivity contribution is 0.531. The van der Waals surface area contributed by atoms with Gasteiger partial charge in [0.1, 0.15) is 0 Å². The molecule has 2 N–H and O–H groups in total. The van der Waals surface area contributed by atoms with Crippen LogP contribution in [0.15, 0.2) is 120 Å². The molecule has 4 aromatic carbocycles. The zero-order valence-corrected chi connectivity index (χ0v) is 19.7. The third kappa shape index (κ3) is 4.40. The molecule has 2 unspecified atom stereocenters. The van der Waals surface area contributed by atoms with Gasteiger partial charge in [0.2, 0.25) is 10.0 Å². The van der Waals surface area contributed by atoms with Crippen LogP contribution < -0.4 is 4.72 Å². The highest BCUT2D eigenvalue weighted by molar-refractivity contribution is 7.89. The van der Waals surface area contributed by atoms with Crippen LogP contribution in [-0.4, -0.2) is 13.4 Å². The SMILES string of the molecule is Cc1ccc(S(=O)(=O)NC(c2ccccc2)C(c2ccccc2)c2c[nH]c3ccccc23)cc1. The molecule has 0 amide bonds. The van der Waals surface area contributed by atoms with E-state index < -0.39 is 16.1 Å². The Morgan fingerprint density at radius 2 is 1.29 bits per heavy atom. The largest absolute Gasteiger partial charge is 0.361 e. The van der Waals surface area contributed by atoms with Crippen LogP contribution in [0.4, 0.5) is 0 Å². The van der Waals surface area contributed by atoms with E-state index in [1.165, 1.54) is 0 Å².